The Bertz CT molecular complexity index is 1330. The SMILES string of the molecule is CC[C@H](C)[C@H](NC(=O)Cc1c[nH]c2ccccc12)C(=O)NCCOP(=O)(O)OC[C@H](NC(C)=O)C(=O)NCCCOC(C)=O. The Labute approximate surface area is 255 Å². The molecule has 44 heavy (non-hydrogen) atoms. The number of fused-ring (bicyclic) bond motifs is 1. The molecule has 0 aliphatic carbocycles. The number of para-hydroxylation sites is 1. The molecular formula is C28H42N5O10P. The molecule has 0 spiro atoms. The van der Waals surface area contributed by atoms with Gasteiger partial charge in [0.25, 0.3) is 0 Å². The zero-order valence-electron chi connectivity index (χ0n) is 25.3. The molecule has 4 amide bonds. The zero-order valence-corrected chi connectivity index (χ0v) is 26.2. The van der Waals surface area contributed by atoms with Crippen LogP contribution in [0.2, 0.25) is 0 Å². The van der Waals surface area contributed by atoms with Gasteiger partial charge in [-0.05, 0) is 24.0 Å². The number of carbonyl (C=O) groups is 5. The number of phosphoric ester groups is 1. The van der Waals surface area contributed by atoms with Crippen LogP contribution in [0.3, 0.4) is 0 Å². The van der Waals surface area contributed by atoms with E-state index in [0.717, 1.165) is 23.4 Å². The second kappa shape index (κ2) is 18.1. The number of aromatic amines is 1. The fourth-order valence-corrected chi connectivity index (χ4v) is 4.81. The summed E-state index contributed by atoms with van der Waals surface area (Å²) in [6.45, 7) is 5.08. The minimum atomic E-state index is -4.67. The van der Waals surface area contributed by atoms with Gasteiger partial charge in [0.15, 0.2) is 0 Å². The normalized spacial score (nSPS) is 14.5. The summed E-state index contributed by atoms with van der Waals surface area (Å²) in [6, 6.07) is 5.43. The van der Waals surface area contributed by atoms with Crippen molar-refractivity contribution in [2.45, 2.75) is 59.0 Å². The first kappa shape index (κ1) is 36.4. The Hall–Kier alpha value is -3.78. The highest BCUT2D eigenvalue weighted by Gasteiger charge is 2.29. The Balaban J connectivity index is 1.82. The second-order valence-electron chi connectivity index (χ2n) is 10.1. The summed E-state index contributed by atoms with van der Waals surface area (Å²) in [5.74, 6) is -2.73. The molecule has 0 aliphatic rings. The number of ether oxygens (including phenoxy) is 1. The van der Waals surface area contributed by atoms with Gasteiger partial charge in [-0.25, -0.2) is 4.57 Å². The van der Waals surface area contributed by atoms with Gasteiger partial charge in [0.05, 0.1) is 26.2 Å². The van der Waals surface area contributed by atoms with Gasteiger partial charge in [-0.3, -0.25) is 33.0 Å². The molecule has 0 radical (unpaired) electrons. The molecule has 16 heteroatoms. The molecule has 244 valence electrons. The van der Waals surface area contributed by atoms with Gasteiger partial charge in [-0.1, -0.05) is 38.5 Å². The van der Waals surface area contributed by atoms with E-state index in [9.17, 15) is 33.4 Å². The lowest BCUT2D eigenvalue weighted by molar-refractivity contribution is -0.141. The van der Waals surface area contributed by atoms with E-state index in [-0.39, 0.29) is 37.9 Å². The highest BCUT2D eigenvalue weighted by molar-refractivity contribution is 7.47. The van der Waals surface area contributed by atoms with Gasteiger partial charge in [0, 0.05) is 44.0 Å². The van der Waals surface area contributed by atoms with Crippen LogP contribution >= 0.6 is 7.82 Å². The summed E-state index contributed by atoms with van der Waals surface area (Å²) < 4.78 is 26.9. The molecule has 2 aromatic rings. The van der Waals surface area contributed by atoms with Gasteiger partial charge in [-0.2, -0.15) is 0 Å². The van der Waals surface area contributed by atoms with Crippen LogP contribution in [0.4, 0.5) is 0 Å². The number of amides is 4. The lowest BCUT2D eigenvalue weighted by atomic mass is 9.98. The summed E-state index contributed by atoms with van der Waals surface area (Å²) in [6.07, 6.45) is 2.76. The Morgan fingerprint density at radius 3 is 2.36 bits per heavy atom. The molecule has 15 nitrogen and oxygen atoms in total. The van der Waals surface area contributed by atoms with Gasteiger partial charge in [0.2, 0.25) is 23.6 Å². The van der Waals surface area contributed by atoms with E-state index < -0.39 is 56.8 Å². The van der Waals surface area contributed by atoms with Crippen LogP contribution in [0.5, 0.6) is 0 Å². The van der Waals surface area contributed by atoms with Crippen LogP contribution in [-0.2, 0) is 48.7 Å². The van der Waals surface area contributed by atoms with Crippen LogP contribution in [-0.4, -0.2) is 84.5 Å². The van der Waals surface area contributed by atoms with Crippen molar-refractivity contribution < 1.29 is 47.2 Å². The topological polar surface area (TPSA) is 214 Å². The monoisotopic (exact) mass is 639 g/mol. The third-order valence-corrected chi connectivity index (χ3v) is 7.50. The van der Waals surface area contributed by atoms with Crippen LogP contribution in [0.25, 0.3) is 10.9 Å². The average Bonchev–Trinajstić information content (AvgIpc) is 3.37. The summed E-state index contributed by atoms with van der Waals surface area (Å²) in [7, 11) is -4.67. The first-order chi connectivity index (χ1) is 20.8. The largest absolute Gasteiger partial charge is 0.472 e. The predicted octanol–water partition coefficient (Wildman–Crippen LogP) is 1.07. The molecule has 6 N–H and O–H groups in total. The molecule has 1 unspecified atom stereocenters. The van der Waals surface area contributed by atoms with E-state index in [1.807, 2.05) is 38.1 Å². The highest BCUT2D eigenvalue weighted by atomic mass is 31.2. The van der Waals surface area contributed by atoms with Crippen molar-refractivity contribution >= 4 is 48.3 Å². The molecule has 2 rings (SSSR count). The fraction of sp³-hybridized carbons (Fsp3) is 0.536. The average molecular weight is 640 g/mol. The molecule has 0 bridgehead atoms. The Morgan fingerprint density at radius 2 is 1.68 bits per heavy atom. The Kier molecular flexibility index (Phi) is 15.0. The maximum absolute atomic E-state index is 12.9. The molecule has 0 saturated heterocycles. The lowest BCUT2D eigenvalue weighted by Gasteiger charge is -2.24. The van der Waals surface area contributed by atoms with Crippen LogP contribution in [0, 0.1) is 5.92 Å². The minimum Gasteiger partial charge on any atom is -0.466 e. The molecule has 1 aromatic heterocycles. The van der Waals surface area contributed by atoms with Crippen molar-refractivity contribution in [2.24, 2.45) is 5.92 Å². The first-order valence-corrected chi connectivity index (χ1v) is 15.7. The standard InChI is InChI=1S/C28H42N5O10P/c1-5-18(2)26(33-25(36)15-21-16-31-23-10-7-6-9-22(21)23)28(38)30-12-14-42-44(39,40)43-17-24(32-19(3)34)27(37)29-11-8-13-41-20(4)35/h6-7,9-10,16,18,24,26,31H,5,8,11-15,17H2,1-4H3,(H,29,37)(H,30,38)(H,32,34)(H,33,36)(H,39,40)/t18-,24-,26-/m0/s1. The van der Waals surface area contributed by atoms with E-state index in [2.05, 4.69) is 26.3 Å². The van der Waals surface area contributed by atoms with Crippen LogP contribution in [0.1, 0.15) is 46.1 Å². The lowest BCUT2D eigenvalue weighted by Crippen LogP contribution is -2.51. The number of H-pyrrole nitrogens is 1. The number of hydrogen-bond acceptors (Lipinski definition) is 9. The number of phosphoric acid groups is 1. The van der Waals surface area contributed by atoms with Crippen molar-refractivity contribution in [1.29, 1.82) is 0 Å². The van der Waals surface area contributed by atoms with E-state index in [1.54, 1.807) is 6.20 Å². The number of esters is 1. The maximum atomic E-state index is 12.9. The number of nitrogens with one attached hydrogen (secondary N) is 5. The summed E-state index contributed by atoms with van der Waals surface area (Å²) in [4.78, 5) is 73.6. The van der Waals surface area contributed by atoms with Crippen LogP contribution < -0.4 is 21.3 Å². The van der Waals surface area contributed by atoms with Crippen molar-refractivity contribution in [2.75, 3.05) is 32.9 Å². The minimum absolute atomic E-state index is 0.0736. The van der Waals surface area contributed by atoms with Crippen molar-refractivity contribution in [3.63, 3.8) is 0 Å². The summed E-state index contributed by atoms with van der Waals surface area (Å²) >= 11 is 0. The van der Waals surface area contributed by atoms with Gasteiger partial charge >= 0.3 is 13.8 Å². The molecule has 0 fully saturated rings. The fourth-order valence-electron chi connectivity index (χ4n) is 4.08. The molecular weight excluding hydrogens is 597 g/mol. The van der Waals surface area contributed by atoms with Gasteiger partial charge in [-0.15, -0.1) is 0 Å². The zero-order chi connectivity index (χ0) is 32.7. The third kappa shape index (κ3) is 12.8. The second-order valence-corrected chi connectivity index (χ2v) is 11.5. The van der Waals surface area contributed by atoms with Crippen LogP contribution in [0.15, 0.2) is 30.5 Å². The predicted molar refractivity (Wildman–Crippen MR) is 160 cm³/mol. The molecule has 0 aliphatic heterocycles. The number of carbonyl (C=O) groups excluding carboxylic acids is 5. The van der Waals surface area contributed by atoms with E-state index in [4.69, 9.17) is 13.8 Å². The first-order valence-electron chi connectivity index (χ1n) is 14.2. The molecule has 0 saturated carbocycles. The summed E-state index contributed by atoms with van der Waals surface area (Å²) in [5, 5.41) is 11.1. The molecule has 4 atom stereocenters. The smallest absolute Gasteiger partial charge is 0.466 e. The molecule has 1 aromatic carbocycles. The van der Waals surface area contributed by atoms with E-state index in [0.29, 0.717) is 12.8 Å². The van der Waals surface area contributed by atoms with Gasteiger partial charge < -0.3 is 35.9 Å². The van der Waals surface area contributed by atoms with Crippen molar-refractivity contribution in [3.8, 4) is 0 Å². The number of benzene rings is 1. The van der Waals surface area contributed by atoms with Crippen molar-refractivity contribution in [1.82, 2.24) is 26.3 Å². The number of aromatic nitrogens is 1. The number of rotatable bonds is 19. The molecule has 1 heterocycles. The van der Waals surface area contributed by atoms with E-state index in [1.165, 1.54) is 6.92 Å². The maximum Gasteiger partial charge on any atom is 0.472 e. The van der Waals surface area contributed by atoms with Crippen molar-refractivity contribution in [3.05, 3.63) is 36.0 Å². The third-order valence-electron chi connectivity index (χ3n) is 6.52. The number of hydrogen-bond donors (Lipinski definition) is 6. The quantitative estimate of drug-likeness (QED) is 0.0730. The Morgan fingerprint density at radius 1 is 0.977 bits per heavy atom. The van der Waals surface area contributed by atoms with E-state index >= 15 is 0 Å². The highest BCUT2D eigenvalue weighted by Crippen LogP contribution is 2.42. The summed E-state index contributed by atoms with van der Waals surface area (Å²) in [5.41, 5.74) is 1.70. The van der Waals surface area contributed by atoms with Gasteiger partial charge in [0.1, 0.15) is 12.1 Å².